The van der Waals surface area contributed by atoms with Crippen molar-refractivity contribution in [2.24, 2.45) is 5.41 Å². The molecule has 0 radical (unpaired) electrons. The highest BCUT2D eigenvalue weighted by atomic mass is 16.5. The lowest BCUT2D eigenvalue weighted by atomic mass is 9.86. The molecule has 0 aromatic carbocycles. The predicted octanol–water partition coefficient (Wildman–Crippen LogP) is 2.51. The van der Waals surface area contributed by atoms with Gasteiger partial charge in [-0.3, -0.25) is 4.90 Å². The van der Waals surface area contributed by atoms with E-state index in [4.69, 9.17) is 4.74 Å². The Kier molecular flexibility index (Phi) is 6.09. The van der Waals surface area contributed by atoms with Gasteiger partial charge in [-0.2, -0.15) is 0 Å². The van der Waals surface area contributed by atoms with E-state index in [-0.39, 0.29) is 0 Å². The molecule has 0 spiro atoms. The number of hydrogen-bond acceptors (Lipinski definition) is 3. The summed E-state index contributed by atoms with van der Waals surface area (Å²) >= 11 is 0. The van der Waals surface area contributed by atoms with E-state index < -0.39 is 0 Å². The van der Waals surface area contributed by atoms with Gasteiger partial charge in [0.1, 0.15) is 0 Å². The standard InChI is InChI=1S/C15H32N2O/c1-7-15(6,10-16-12(2)3)11-17-8-13(4)18-14(5)9-17/h12-14,16H,7-11H2,1-6H3. The number of rotatable bonds is 6. The maximum Gasteiger partial charge on any atom is 0.0678 e. The van der Waals surface area contributed by atoms with Crippen LogP contribution < -0.4 is 5.32 Å². The Morgan fingerprint density at radius 3 is 2.28 bits per heavy atom. The van der Waals surface area contributed by atoms with Gasteiger partial charge in [-0.1, -0.05) is 27.7 Å². The third kappa shape index (κ3) is 5.25. The Bertz CT molecular complexity index is 235. The third-order valence-electron chi connectivity index (χ3n) is 3.89. The number of hydrogen-bond donors (Lipinski definition) is 1. The van der Waals surface area contributed by atoms with Crippen LogP contribution >= 0.6 is 0 Å². The normalized spacial score (nSPS) is 29.5. The van der Waals surface area contributed by atoms with Crippen molar-refractivity contribution in [2.45, 2.75) is 66.2 Å². The Labute approximate surface area is 113 Å². The van der Waals surface area contributed by atoms with E-state index in [0.717, 1.165) is 19.6 Å². The molecule has 0 saturated carbocycles. The van der Waals surface area contributed by atoms with Gasteiger partial charge in [-0.05, 0) is 25.7 Å². The van der Waals surface area contributed by atoms with Gasteiger partial charge in [-0.25, -0.2) is 0 Å². The van der Waals surface area contributed by atoms with Gasteiger partial charge in [0.05, 0.1) is 12.2 Å². The Morgan fingerprint density at radius 1 is 1.28 bits per heavy atom. The molecule has 0 amide bonds. The van der Waals surface area contributed by atoms with Gasteiger partial charge in [0.2, 0.25) is 0 Å². The minimum atomic E-state index is 0.362. The zero-order chi connectivity index (χ0) is 13.8. The molecule has 0 aromatic rings. The molecule has 3 atom stereocenters. The molecule has 108 valence electrons. The molecule has 1 N–H and O–H groups in total. The summed E-state index contributed by atoms with van der Waals surface area (Å²) in [5, 5.41) is 3.59. The van der Waals surface area contributed by atoms with Crippen LogP contribution in [0.1, 0.15) is 48.0 Å². The monoisotopic (exact) mass is 256 g/mol. The van der Waals surface area contributed by atoms with Crippen LogP contribution in [0.2, 0.25) is 0 Å². The van der Waals surface area contributed by atoms with Crippen molar-refractivity contribution < 1.29 is 4.74 Å². The van der Waals surface area contributed by atoms with Crippen LogP contribution in [-0.4, -0.2) is 49.3 Å². The van der Waals surface area contributed by atoms with Gasteiger partial charge in [0, 0.05) is 32.2 Å². The Balaban J connectivity index is 2.50. The average Bonchev–Trinajstić information content (AvgIpc) is 2.25. The molecule has 1 heterocycles. The summed E-state index contributed by atoms with van der Waals surface area (Å²) in [7, 11) is 0. The lowest BCUT2D eigenvalue weighted by Crippen LogP contribution is -2.51. The molecule has 3 unspecified atom stereocenters. The van der Waals surface area contributed by atoms with Gasteiger partial charge in [-0.15, -0.1) is 0 Å². The second kappa shape index (κ2) is 6.88. The lowest BCUT2D eigenvalue weighted by Gasteiger charge is -2.41. The highest BCUT2D eigenvalue weighted by Gasteiger charge is 2.29. The fourth-order valence-corrected chi connectivity index (χ4v) is 2.70. The first kappa shape index (κ1) is 15.9. The molecule has 1 aliphatic heterocycles. The van der Waals surface area contributed by atoms with Crippen LogP contribution in [0.4, 0.5) is 0 Å². The first-order chi connectivity index (χ1) is 8.34. The molecule has 3 heteroatoms. The Morgan fingerprint density at radius 2 is 1.83 bits per heavy atom. The number of ether oxygens (including phenoxy) is 1. The number of nitrogens with zero attached hydrogens (tertiary/aromatic N) is 1. The average molecular weight is 256 g/mol. The van der Waals surface area contributed by atoms with E-state index in [1.54, 1.807) is 0 Å². The predicted molar refractivity (Wildman–Crippen MR) is 78.0 cm³/mol. The largest absolute Gasteiger partial charge is 0.373 e. The molecular formula is C15H32N2O. The van der Waals surface area contributed by atoms with Crippen LogP contribution in [-0.2, 0) is 4.74 Å². The zero-order valence-electron chi connectivity index (χ0n) is 13.1. The van der Waals surface area contributed by atoms with Crippen molar-refractivity contribution in [1.82, 2.24) is 10.2 Å². The number of morpholine rings is 1. The molecular weight excluding hydrogens is 224 g/mol. The molecule has 18 heavy (non-hydrogen) atoms. The quantitative estimate of drug-likeness (QED) is 0.790. The second-order valence-electron chi connectivity index (χ2n) is 6.65. The van der Waals surface area contributed by atoms with Crippen molar-refractivity contribution in [1.29, 1.82) is 0 Å². The fraction of sp³-hybridized carbons (Fsp3) is 1.00. The topological polar surface area (TPSA) is 24.5 Å². The molecule has 0 aromatic heterocycles. The summed E-state index contributed by atoms with van der Waals surface area (Å²) in [6.45, 7) is 17.9. The van der Waals surface area contributed by atoms with Crippen molar-refractivity contribution in [3.8, 4) is 0 Å². The second-order valence-corrected chi connectivity index (χ2v) is 6.65. The Hall–Kier alpha value is -0.120. The maximum absolute atomic E-state index is 5.81. The number of nitrogens with one attached hydrogen (secondary N) is 1. The molecule has 1 aliphatic rings. The summed E-state index contributed by atoms with van der Waals surface area (Å²) in [6.07, 6.45) is 1.95. The van der Waals surface area contributed by atoms with E-state index >= 15 is 0 Å². The van der Waals surface area contributed by atoms with Gasteiger partial charge >= 0.3 is 0 Å². The lowest BCUT2D eigenvalue weighted by molar-refractivity contribution is -0.0769. The van der Waals surface area contributed by atoms with Gasteiger partial charge in [0.15, 0.2) is 0 Å². The summed E-state index contributed by atoms with van der Waals surface area (Å²) in [4.78, 5) is 2.57. The summed E-state index contributed by atoms with van der Waals surface area (Å²) < 4.78 is 5.81. The van der Waals surface area contributed by atoms with Crippen molar-refractivity contribution in [3.05, 3.63) is 0 Å². The molecule has 3 nitrogen and oxygen atoms in total. The smallest absolute Gasteiger partial charge is 0.0678 e. The maximum atomic E-state index is 5.81. The summed E-state index contributed by atoms with van der Waals surface area (Å²) in [6, 6.07) is 0.568. The minimum Gasteiger partial charge on any atom is -0.373 e. The van der Waals surface area contributed by atoms with E-state index in [9.17, 15) is 0 Å². The first-order valence-electron chi connectivity index (χ1n) is 7.46. The SMILES string of the molecule is CCC(C)(CNC(C)C)CN1CC(C)OC(C)C1. The first-order valence-corrected chi connectivity index (χ1v) is 7.46. The zero-order valence-corrected chi connectivity index (χ0v) is 13.1. The van der Waals surface area contributed by atoms with Gasteiger partial charge in [0.25, 0.3) is 0 Å². The summed E-state index contributed by atoms with van der Waals surface area (Å²) in [5.74, 6) is 0. The summed E-state index contributed by atoms with van der Waals surface area (Å²) in [5.41, 5.74) is 0.362. The van der Waals surface area contributed by atoms with Crippen molar-refractivity contribution in [3.63, 3.8) is 0 Å². The van der Waals surface area contributed by atoms with E-state index in [1.165, 1.54) is 13.0 Å². The van der Waals surface area contributed by atoms with Crippen LogP contribution in [0.25, 0.3) is 0 Å². The molecule has 0 aliphatic carbocycles. The molecule has 1 rings (SSSR count). The van der Waals surface area contributed by atoms with Crippen LogP contribution in [0.15, 0.2) is 0 Å². The fourth-order valence-electron chi connectivity index (χ4n) is 2.70. The van der Waals surface area contributed by atoms with E-state index in [1.807, 2.05) is 0 Å². The van der Waals surface area contributed by atoms with Crippen molar-refractivity contribution >= 4 is 0 Å². The van der Waals surface area contributed by atoms with Crippen LogP contribution in [0.5, 0.6) is 0 Å². The van der Waals surface area contributed by atoms with Crippen LogP contribution in [0.3, 0.4) is 0 Å². The van der Waals surface area contributed by atoms with E-state index in [2.05, 4.69) is 51.8 Å². The minimum absolute atomic E-state index is 0.362. The van der Waals surface area contributed by atoms with Crippen molar-refractivity contribution in [2.75, 3.05) is 26.2 Å². The molecule has 1 saturated heterocycles. The van der Waals surface area contributed by atoms with Gasteiger partial charge < -0.3 is 10.1 Å². The third-order valence-corrected chi connectivity index (χ3v) is 3.89. The highest BCUT2D eigenvalue weighted by molar-refractivity contribution is 4.83. The van der Waals surface area contributed by atoms with E-state index in [0.29, 0.717) is 23.7 Å². The molecule has 1 fully saturated rings. The molecule has 0 bridgehead atoms. The highest BCUT2D eigenvalue weighted by Crippen LogP contribution is 2.24. The van der Waals surface area contributed by atoms with Crippen LogP contribution in [0, 0.1) is 5.41 Å².